The highest BCUT2D eigenvalue weighted by molar-refractivity contribution is 5.32. The van der Waals surface area contributed by atoms with E-state index >= 15 is 0 Å². The minimum absolute atomic E-state index is 0.661. The first-order valence-corrected chi connectivity index (χ1v) is 6.36. The van der Waals surface area contributed by atoms with Crippen LogP contribution in [0.1, 0.15) is 12.8 Å². The van der Waals surface area contributed by atoms with Crippen LogP contribution in [-0.4, -0.2) is 40.5 Å². The molecule has 0 amide bonds. The molecule has 102 valence electrons. The van der Waals surface area contributed by atoms with Gasteiger partial charge in [0.2, 0.25) is 0 Å². The van der Waals surface area contributed by atoms with Gasteiger partial charge in [-0.1, -0.05) is 6.07 Å². The number of hydrogen-bond acceptors (Lipinski definition) is 4. The van der Waals surface area contributed by atoms with Crippen molar-refractivity contribution >= 4 is 0 Å². The zero-order valence-electron chi connectivity index (χ0n) is 11.3. The zero-order valence-corrected chi connectivity index (χ0v) is 11.3. The lowest BCUT2D eigenvalue weighted by Gasteiger charge is -2.09. The molecule has 0 radical (unpaired) electrons. The first kappa shape index (κ1) is 14.8. The number of ether oxygens (including phenoxy) is 3. The van der Waals surface area contributed by atoms with Crippen molar-refractivity contribution < 1.29 is 14.2 Å². The Morgan fingerprint density at radius 1 is 1.00 bits per heavy atom. The van der Waals surface area contributed by atoms with Gasteiger partial charge in [-0.15, -0.1) is 0 Å². The van der Waals surface area contributed by atoms with Crippen molar-refractivity contribution in [2.45, 2.75) is 12.8 Å². The molecule has 1 aromatic carbocycles. The van der Waals surface area contributed by atoms with Crippen LogP contribution in [0.5, 0.6) is 11.5 Å². The van der Waals surface area contributed by atoms with Crippen LogP contribution < -0.4 is 14.8 Å². The second-order valence-corrected chi connectivity index (χ2v) is 3.98. The Hall–Kier alpha value is -1.26. The number of hydrogen-bond donors (Lipinski definition) is 1. The van der Waals surface area contributed by atoms with Crippen LogP contribution in [0.25, 0.3) is 0 Å². The van der Waals surface area contributed by atoms with Gasteiger partial charge in [0.05, 0.1) is 6.61 Å². The molecule has 0 saturated carbocycles. The second-order valence-electron chi connectivity index (χ2n) is 3.98. The van der Waals surface area contributed by atoms with E-state index in [9.17, 15) is 0 Å². The van der Waals surface area contributed by atoms with Crippen LogP contribution >= 0.6 is 0 Å². The van der Waals surface area contributed by atoms with Gasteiger partial charge in [-0.2, -0.15) is 0 Å². The Morgan fingerprint density at radius 3 is 2.33 bits per heavy atom. The van der Waals surface area contributed by atoms with Gasteiger partial charge >= 0.3 is 0 Å². The van der Waals surface area contributed by atoms with Crippen molar-refractivity contribution in [3.05, 3.63) is 24.3 Å². The van der Waals surface area contributed by atoms with E-state index in [1.165, 1.54) is 0 Å². The molecule has 1 rings (SSSR count). The predicted octanol–water partition coefficient (Wildman–Crippen LogP) is 2.09. The highest BCUT2D eigenvalue weighted by Crippen LogP contribution is 2.19. The van der Waals surface area contributed by atoms with Crippen LogP contribution in [-0.2, 0) is 4.74 Å². The molecule has 0 aliphatic rings. The van der Waals surface area contributed by atoms with Gasteiger partial charge in [0.25, 0.3) is 0 Å². The van der Waals surface area contributed by atoms with Gasteiger partial charge in [-0.05, 0) is 32.0 Å². The summed E-state index contributed by atoms with van der Waals surface area (Å²) in [6.45, 7) is 3.00. The molecule has 18 heavy (non-hydrogen) atoms. The number of benzene rings is 1. The maximum atomic E-state index is 5.65. The molecule has 0 unspecified atom stereocenters. The molecular formula is C14H23NO3. The fourth-order valence-electron chi connectivity index (χ4n) is 1.46. The Labute approximate surface area is 109 Å². The maximum absolute atomic E-state index is 5.65. The SMILES string of the molecule is CNCCOc1cccc(OCCCCOC)c1. The summed E-state index contributed by atoms with van der Waals surface area (Å²) < 4.78 is 16.2. The van der Waals surface area contributed by atoms with E-state index in [1.807, 2.05) is 31.3 Å². The molecule has 0 bridgehead atoms. The normalized spacial score (nSPS) is 10.3. The minimum atomic E-state index is 0.661. The fraction of sp³-hybridized carbons (Fsp3) is 0.571. The van der Waals surface area contributed by atoms with Crippen LogP contribution in [0, 0.1) is 0 Å². The minimum Gasteiger partial charge on any atom is -0.493 e. The zero-order chi connectivity index (χ0) is 13.1. The number of likely N-dealkylation sites (N-methyl/N-ethyl adjacent to an activating group) is 1. The summed E-state index contributed by atoms with van der Waals surface area (Å²) in [6.07, 6.45) is 2.02. The summed E-state index contributed by atoms with van der Waals surface area (Å²) >= 11 is 0. The second kappa shape index (κ2) is 9.74. The molecule has 0 heterocycles. The van der Waals surface area contributed by atoms with E-state index < -0.39 is 0 Å². The monoisotopic (exact) mass is 253 g/mol. The summed E-state index contributed by atoms with van der Waals surface area (Å²) in [5.74, 6) is 1.70. The largest absolute Gasteiger partial charge is 0.493 e. The fourth-order valence-corrected chi connectivity index (χ4v) is 1.46. The van der Waals surface area contributed by atoms with Crippen molar-refractivity contribution in [2.75, 3.05) is 40.5 Å². The first-order valence-electron chi connectivity index (χ1n) is 6.36. The third-order valence-electron chi connectivity index (χ3n) is 2.44. The van der Waals surface area contributed by atoms with E-state index in [-0.39, 0.29) is 0 Å². The van der Waals surface area contributed by atoms with Gasteiger partial charge in [-0.25, -0.2) is 0 Å². The van der Waals surface area contributed by atoms with Gasteiger partial charge in [-0.3, -0.25) is 0 Å². The van der Waals surface area contributed by atoms with Gasteiger partial charge in [0.15, 0.2) is 0 Å². The van der Waals surface area contributed by atoms with E-state index in [4.69, 9.17) is 14.2 Å². The van der Waals surface area contributed by atoms with Crippen LogP contribution in [0.3, 0.4) is 0 Å². The third kappa shape index (κ3) is 6.47. The topological polar surface area (TPSA) is 39.7 Å². The number of nitrogens with one attached hydrogen (secondary N) is 1. The molecule has 0 aliphatic carbocycles. The lowest BCUT2D eigenvalue weighted by Crippen LogP contribution is -2.15. The summed E-state index contributed by atoms with van der Waals surface area (Å²) in [5.41, 5.74) is 0. The van der Waals surface area contributed by atoms with Crippen LogP contribution in [0.15, 0.2) is 24.3 Å². The summed E-state index contributed by atoms with van der Waals surface area (Å²) in [5, 5.41) is 3.04. The van der Waals surface area contributed by atoms with E-state index in [0.717, 1.165) is 37.5 Å². The highest BCUT2D eigenvalue weighted by atomic mass is 16.5. The Balaban J connectivity index is 2.26. The molecule has 0 aromatic heterocycles. The first-order chi connectivity index (χ1) is 8.86. The molecule has 0 fully saturated rings. The van der Waals surface area contributed by atoms with E-state index in [1.54, 1.807) is 7.11 Å². The molecule has 4 heteroatoms. The van der Waals surface area contributed by atoms with Crippen molar-refractivity contribution in [3.8, 4) is 11.5 Å². The Kier molecular flexibility index (Phi) is 8.01. The summed E-state index contributed by atoms with van der Waals surface area (Å²) in [7, 11) is 3.62. The molecule has 0 aliphatic heterocycles. The van der Waals surface area contributed by atoms with Gasteiger partial charge < -0.3 is 19.5 Å². The van der Waals surface area contributed by atoms with Gasteiger partial charge in [0, 0.05) is 26.3 Å². The van der Waals surface area contributed by atoms with E-state index in [0.29, 0.717) is 13.2 Å². The Bertz CT molecular complexity index is 318. The summed E-state index contributed by atoms with van der Waals surface area (Å²) in [4.78, 5) is 0. The lowest BCUT2D eigenvalue weighted by atomic mass is 10.3. The quantitative estimate of drug-likeness (QED) is 0.648. The average molecular weight is 253 g/mol. The Morgan fingerprint density at radius 2 is 1.67 bits per heavy atom. The smallest absolute Gasteiger partial charge is 0.123 e. The number of methoxy groups -OCH3 is 1. The van der Waals surface area contributed by atoms with Gasteiger partial charge in [0.1, 0.15) is 18.1 Å². The molecule has 0 spiro atoms. The van der Waals surface area contributed by atoms with Crippen LogP contribution in [0.2, 0.25) is 0 Å². The highest BCUT2D eigenvalue weighted by Gasteiger charge is 1.98. The molecule has 0 atom stereocenters. The van der Waals surface area contributed by atoms with Crippen molar-refractivity contribution in [1.29, 1.82) is 0 Å². The molecular weight excluding hydrogens is 230 g/mol. The van der Waals surface area contributed by atoms with Crippen molar-refractivity contribution in [1.82, 2.24) is 5.32 Å². The number of rotatable bonds is 10. The molecule has 1 N–H and O–H groups in total. The summed E-state index contributed by atoms with van der Waals surface area (Å²) in [6, 6.07) is 7.75. The van der Waals surface area contributed by atoms with E-state index in [2.05, 4.69) is 5.32 Å². The third-order valence-corrected chi connectivity index (χ3v) is 2.44. The van der Waals surface area contributed by atoms with Crippen LogP contribution in [0.4, 0.5) is 0 Å². The molecule has 4 nitrogen and oxygen atoms in total. The molecule has 1 aromatic rings. The van der Waals surface area contributed by atoms with Crippen molar-refractivity contribution in [3.63, 3.8) is 0 Å². The average Bonchev–Trinajstić information content (AvgIpc) is 2.39. The number of unbranched alkanes of at least 4 members (excludes halogenated alkanes) is 1. The standard InChI is InChI=1S/C14H23NO3/c1-15-8-11-18-14-7-5-6-13(12-14)17-10-4-3-9-16-2/h5-7,12,15H,3-4,8-11H2,1-2H3. The van der Waals surface area contributed by atoms with Crippen molar-refractivity contribution in [2.24, 2.45) is 0 Å². The predicted molar refractivity (Wildman–Crippen MR) is 72.5 cm³/mol. The molecule has 0 saturated heterocycles. The maximum Gasteiger partial charge on any atom is 0.123 e. The lowest BCUT2D eigenvalue weighted by molar-refractivity contribution is 0.184.